The van der Waals surface area contributed by atoms with Crippen LogP contribution in [0, 0.1) is 25.7 Å². The fourth-order valence-electron chi connectivity index (χ4n) is 7.06. The predicted molar refractivity (Wildman–Crippen MR) is 247 cm³/mol. The number of benzene rings is 2. The van der Waals surface area contributed by atoms with Crippen LogP contribution in [0.3, 0.4) is 0 Å². The highest BCUT2D eigenvalue weighted by Crippen LogP contribution is 2.28. The molecule has 0 bridgehead atoms. The molecule has 2 aromatic rings. The van der Waals surface area contributed by atoms with E-state index >= 15 is 0 Å². The van der Waals surface area contributed by atoms with Crippen molar-refractivity contribution in [2.24, 2.45) is 11.8 Å². The highest BCUT2D eigenvalue weighted by Gasteiger charge is 2.38. The van der Waals surface area contributed by atoms with Crippen molar-refractivity contribution in [3.8, 4) is 0 Å². The number of ether oxygens (including phenoxy) is 8. The Kier molecular flexibility index (Phi) is 23.2. The van der Waals surface area contributed by atoms with Crippen LogP contribution in [0.15, 0.2) is 36.4 Å². The molecule has 4 amide bonds. The molecule has 0 fully saturated rings. The molecule has 0 heterocycles. The number of nitrogens with one attached hydrogen (secondary N) is 4. The van der Waals surface area contributed by atoms with Gasteiger partial charge in [0.1, 0.15) is 12.7 Å². The predicted octanol–water partition coefficient (Wildman–Crippen LogP) is 6.79. The first kappa shape index (κ1) is 57.3. The number of anilines is 4. The lowest BCUT2D eigenvalue weighted by molar-refractivity contribution is -0.177. The van der Waals surface area contributed by atoms with E-state index < -0.39 is 83.4 Å². The van der Waals surface area contributed by atoms with Crippen molar-refractivity contribution in [3.63, 3.8) is 0 Å². The van der Waals surface area contributed by atoms with Crippen LogP contribution < -0.4 is 21.3 Å². The van der Waals surface area contributed by atoms with Gasteiger partial charge < -0.3 is 53.6 Å². The molecule has 0 saturated heterocycles. The lowest BCUT2D eigenvalue weighted by atomic mass is 9.98. The molecular weight excluding hydrogens is 877 g/mol. The van der Waals surface area contributed by atoms with E-state index in [1.807, 2.05) is 34.6 Å². The summed E-state index contributed by atoms with van der Waals surface area (Å²) in [6.07, 6.45) is -3.92. The number of aliphatic hydroxyl groups is 1. The van der Waals surface area contributed by atoms with E-state index in [1.54, 1.807) is 79.7 Å². The molecule has 5 N–H and O–H groups in total. The summed E-state index contributed by atoms with van der Waals surface area (Å²) in [5.74, 6) is -8.32. The third-order valence-electron chi connectivity index (χ3n) is 9.59. The highest BCUT2D eigenvalue weighted by atomic mass is 16.6. The van der Waals surface area contributed by atoms with Gasteiger partial charge in [-0.3, -0.25) is 34.6 Å². The van der Waals surface area contributed by atoms with E-state index in [2.05, 4.69) is 21.3 Å². The van der Waals surface area contributed by atoms with Gasteiger partial charge >= 0.3 is 30.1 Å². The van der Waals surface area contributed by atoms with Crippen LogP contribution >= 0.6 is 0 Å². The molecule has 0 aliphatic rings. The first-order valence-electron chi connectivity index (χ1n) is 22.2. The fourth-order valence-corrected chi connectivity index (χ4v) is 7.06. The van der Waals surface area contributed by atoms with Gasteiger partial charge in [-0.05, 0) is 125 Å². The van der Waals surface area contributed by atoms with Gasteiger partial charge in [-0.25, -0.2) is 9.59 Å². The number of amides is 4. The number of aliphatic hydroxyl groups excluding tert-OH is 1. The third-order valence-corrected chi connectivity index (χ3v) is 9.59. The molecule has 2 rings (SSSR count). The second-order valence-electron chi connectivity index (χ2n) is 16.9. The molecule has 374 valence electrons. The summed E-state index contributed by atoms with van der Waals surface area (Å²) < 4.78 is 43.5. The number of aryl methyl sites for hydroxylation is 2. The Hall–Kier alpha value is -5.83. The van der Waals surface area contributed by atoms with Crippen LogP contribution in [0.4, 0.5) is 32.3 Å². The van der Waals surface area contributed by atoms with Crippen molar-refractivity contribution in [3.05, 3.63) is 47.5 Å². The molecule has 0 aliphatic heterocycles. The molecule has 0 saturated carbocycles. The molecule has 20 nitrogen and oxygen atoms in total. The average Bonchev–Trinajstić information content (AvgIpc) is 3.19. The van der Waals surface area contributed by atoms with Crippen molar-refractivity contribution in [1.82, 2.24) is 0 Å². The first-order valence-corrected chi connectivity index (χ1v) is 22.2. The highest BCUT2D eigenvalue weighted by molar-refractivity contribution is 6.18. The average molecular weight is 947 g/mol. The Morgan fingerprint density at radius 1 is 0.567 bits per heavy atom. The van der Waals surface area contributed by atoms with Crippen molar-refractivity contribution in [2.75, 3.05) is 54.3 Å². The molecule has 20 heteroatoms. The van der Waals surface area contributed by atoms with Crippen molar-refractivity contribution in [1.29, 1.82) is 0 Å². The summed E-state index contributed by atoms with van der Waals surface area (Å²) in [5, 5.41) is 20.7. The summed E-state index contributed by atoms with van der Waals surface area (Å²) in [4.78, 5) is 89.0. The molecule has 0 radical (unpaired) electrons. The van der Waals surface area contributed by atoms with Crippen molar-refractivity contribution in [2.45, 2.75) is 139 Å². The normalized spacial score (nSPS) is 13.8. The molecule has 67 heavy (non-hydrogen) atoms. The van der Waals surface area contributed by atoms with E-state index in [0.717, 1.165) is 0 Å². The summed E-state index contributed by atoms with van der Waals surface area (Å²) in [6, 6.07) is 9.42. The second-order valence-corrected chi connectivity index (χ2v) is 16.9. The Balaban J connectivity index is 1.91. The van der Waals surface area contributed by atoms with Crippen LogP contribution in [-0.4, -0.2) is 116 Å². The third kappa shape index (κ3) is 19.9. The number of hydrogen-bond acceptors (Lipinski definition) is 16. The Morgan fingerprint density at radius 3 is 1.51 bits per heavy atom. The van der Waals surface area contributed by atoms with E-state index in [9.17, 15) is 38.7 Å². The zero-order valence-electron chi connectivity index (χ0n) is 40.9. The van der Waals surface area contributed by atoms with Gasteiger partial charge in [0.25, 0.3) is 0 Å². The number of hydrogen-bond donors (Lipinski definition) is 5. The molecule has 0 aromatic heterocycles. The minimum absolute atomic E-state index is 0.00259. The van der Waals surface area contributed by atoms with Gasteiger partial charge in [-0.15, -0.1) is 0 Å². The van der Waals surface area contributed by atoms with Crippen LogP contribution in [0.5, 0.6) is 0 Å². The Labute approximate surface area is 392 Å². The SMILES string of the molecule is CCOC(=O)C(C(=O)Nc1cc(NC(=O)OCC(C)OC(C)(C)CC(C)OC(C)(C)CC(C)OC(=O)Nc2ccc(C)c(NC(=O)C(C(=O)OCC)C(O)OCC)c2)ccc1C)C(=O)OCC. The summed E-state index contributed by atoms with van der Waals surface area (Å²) >= 11 is 0. The van der Waals surface area contributed by atoms with Crippen molar-refractivity contribution >= 4 is 64.7 Å². The molecule has 5 atom stereocenters. The molecular formula is C47H70N4O16. The molecule has 0 aliphatic carbocycles. The van der Waals surface area contributed by atoms with Crippen LogP contribution in [0.1, 0.15) is 100 Å². The number of esters is 3. The summed E-state index contributed by atoms with van der Waals surface area (Å²) in [7, 11) is 0. The Bertz CT molecular complexity index is 1990. The maximum absolute atomic E-state index is 13.1. The number of carbonyl (C=O) groups is 7. The quantitative estimate of drug-likeness (QED) is 0.0281. The van der Waals surface area contributed by atoms with Crippen LogP contribution in [-0.2, 0) is 61.9 Å². The first-order chi connectivity index (χ1) is 31.3. The van der Waals surface area contributed by atoms with E-state index in [-0.39, 0.29) is 56.2 Å². The second kappa shape index (κ2) is 27.1. The molecule has 5 unspecified atom stereocenters. The van der Waals surface area contributed by atoms with Gasteiger partial charge in [0.2, 0.25) is 17.7 Å². The van der Waals surface area contributed by atoms with E-state index in [1.165, 1.54) is 12.1 Å². The smallest absolute Gasteiger partial charge is 0.411 e. The zero-order valence-corrected chi connectivity index (χ0v) is 40.9. The minimum atomic E-state index is -1.84. The maximum atomic E-state index is 13.1. The van der Waals surface area contributed by atoms with Crippen LogP contribution in [0.2, 0.25) is 0 Å². The van der Waals surface area contributed by atoms with Gasteiger partial charge in [-0.1, -0.05) is 12.1 Å². The molecule has 0 spiro atoms. The number of carbonyl (C=O) groups excluding carboxylic acids is 7. The lowest BCUT2D eigenvalue weighted by Crippen LogP contribution is -2.41. The minimum Gasteiger partial charge on any atom is -0.465 e. The van der Waals surface area contributed by atoms with Gasteiger partial charge in [0.15, 0.2) is 12.2 Å². The lowest BCUT2D eigenvalue weighted by Gasteiger charge is -2.36. The van der Waals surface area contributed by atoms with Gasteiger partial charge in [-0.2, -0.15) is 0 Å². The largest absolute Gasteiger partial charge is 0.465 e. The fraction of sp³-hybridized carbons (Fsp3) is 0.596. The maximum Gasteiger partial charge on any atom is 0.411 e. The van der Waals surface area contributed by atoms with Crippen molar-refractivity contribution < 1.29 is 76.6 Å². The van der Waals surface area contributed by atoms with E-state index in [4.69, 9.17) is 37.9 Å². The molecule has 2 aromatic carbocycles. The number of rotatable bonds is 26. The standard InChI is InChI=1S/C47H70N4O16/c1-14-60-40(54)36(41(55)61-15-2)38(52)50-34-22-32(20-18-27(34)5)48-44(58)64-26-31(9)67-47(12,13)25-30(8)66-46(10,11)24-29(7)65-45(59)49-33-21-19-28(6)35(23-33)51-39(53)37(42(56)62-16-3)43(57)63-17-4/h18-23,29-31,36-37,42,56H,14-17,24-26H2,1-13H3,(H,48,58)(H,49,59)(H,50,52)(H,51,53). The van der Waals surface area contributed by atoms with E-state index in [0.29, 0.717) is 29.7 Å². The summed E-state index contributed by atoms with van der Waals surface area (Å²) in [6.45, 7) is 22.4. The summed E-state index contributed by atoms with van der Waals surface area (Å²) in [5.41, 5.74) is 0.812. The topological polar surface area (TPSA) is 262 Å². The van der Waals surface area contributed by atoms with Crippen LogP contribution in [0.25, 0.3) is 0 Å². The van der Waals surface area contributed by atoms with Gasteiger partial charge in [0.05, 0.1) is 43.2 Å². The Morgan fingerprint density at radius 2 is 1.01 bits per heavy atom. The van der Waals surface area contributed by atoms with Gasteiger partial charge in [0, 0.05) is 42.2 Å². The zero-order chi connectivity index (χ0) is 50.6. The monoisotopic (exact) mass is 946 g/mol.